The van der Waals surface area contributed by atoms with E-state index in [1.807, 2.05) is 20.9 Å². The van der Waals surface area contributed by atoms with Crippen molar-refractivity contribution in [2.24, 2.45) is 7.05 Å². The number of nitrogens with zero attached hydrogens (tertiary/aromatic N) is 2. The third kappa shape index (κ3) is 2.83. The molecule has 0 unspecified atom stereocenters. The zero-order valence-electron chi connectivity index (χ0n) is 11.7. The van der Waals surface area contributed by atoms with Crippen LogP contribution in [0, 0.1) is 13.8 Å². The highest BCUT2D eigenvalue weighted by molar-refractivity contribution is 7.89. The lowest BCUT2D eigenvalue weighted by Gasteiger charge is -2.08. The second-order valence-corrected chi connectivity index (χ2v) is 6.44. The standard InChI is InChI=1S/C13H18N4O2S/c1-9-13(10(2)17(3)16-9)8-15-20(18,19)12-6-4-5-11(14)7-12/h4-7,15H,8,14H2,1-3H3. The van der Waals surface area contributed by atoms with Crippen molar-refractivity contribution in [1.29, 1.82) is 0 Å². The normalized spacial score (nSPS) is 11.8. The third-order valence-corrected chi connectivity index (χ3v) is 4.67. The van der Waals surface area contributed by atoms with Gasteiger partial charge in [-0.3, -0.25) is 4.68 Å². The molecule has 0 saturated carbocycles. The average molecular weight is 294 g/mol. The smallest absolute Gasteiger partial charge is 0.240 e. The fraction of sp³-hybridized carbons (Fsp3) is 0.308. The van der Waals surface area contributed by atoms with Crippen LogP contribution in [-0.4, -0.2) is 18.2 Å². The van der Waals surface area contributed by atoms with Gasteiger partial charge in [0.1, 0.15) is 0 Å². The zero-order valence-corrected chi connectivity index (χ0v) is 12.5. The molecule has 0 amide bonds. The van der Waals surface area contributed by atoms with Crippen LogP contribution in [0.5, 0.6) is 0 Å². The molecule has 108 valence electrons. The summed E-state index contributed by atoms with van der Waals surface area (Å²) < 4.78 is 28.7. The Morgan fingerprint density at radius 1 is 1.35 bits per heavy atom. The number of hydrogen-bond acceptors (Lipinski definition) is 4. The lowest BCUT2D eigenvalue weighted by atomic mass is 10.2. The average Bonchev–Trinajstić information content (AvgIpc) is 2.61. The van der Waals surface area contributed by atoms with E-state index in [9.17, 15) is 8.42 Å². The Bertz CT molecular complexity index is 735. The Morgan fingerprint density at radius 2 is 2.05 bits per heavy atom. The summed E-state index contributed by atoms with van der Waals surface area (Å²) >= 11 is 0. The number of nitrogen functional groups attached to an aromatic ring is 1. The number of rotatable bonds is 4. The highest BCUT2D eigenvalue weighted by Crippen LogP contribution is 2.15. The molecule has 2 rings (SSSR count). The lowest BCUT2D eigenvalue weighted by molar-refractivity contribution is 0.581. The number of nitrogens with one attached hydrogen (secondary N) is 1. The molecule has 0 aliphatic carbocycles. The van der Waals surface area contributed by atoms with E-state index in [-0.39, 0.29) is 11.4 Å². The van der Waals surface area contributed by atoms with Crippen LogP contribution < -0.4 is 10.5 Å². The van der Waals surface area contributed by atoms with Crippen LogP contribution in [0.3, 0.4) is 0 Å². The van der Waals surface area contributed by atoms with E-state index in [1.54, 1.807) is 16.8 Å². The number of aromatic nitrogens is 2. The fourth-order valence-electron chi connectivity index (χ4n) is 2.01. The summed E-state index contributed by atoms with van der Waals surface area (Å²) in [5.74, 6) is 0. The van der Waals surface area contributed by atoms with Crippen LogP contribution in [0.2, 0.25) is 0 Å². The molecule has 0 atom stereocenters. The largest absolute Gasteiger partial charge is 0.399 e. The van der Waals surface area contributed by atoms with E-state index in [0.717, 1.165) is 17.0 Å². The van der Waals surface area contributed by atoms with Gasteiger partial charge >= 0.3 is 0 Å². The number of sulfonamides is 1. The van der Waals surface area contributed by atoms with Gasteiger partial charge in [0.05, 0.1) is 10.6 Å². The van der Waals surface area contributed by atoms with E-state index < -0.39 is 10.0 Å². The predicted octanol–water partition coefficient (Wildman–Crippen LogP) is 1.10. The molecule has 1 heterocycles. The summed E-state index contributed by atoms with van der Waals surface area (Å²) in [5.41, 5.74) is 8.68. The molecule has 0 fully saturated rings. The molecule has 7 heteroatoms. The van der Waals surface area contributed by atoms with Crippen molar-refractivity contribution < 1.29 is 8.42 Å². The monoisotopic (exact) mass is 294 g/mol. The van der Waals surface area contributed by atoms with Crippen molar-refractivity contribution in [3.63, 3.8) is 0 Å². The highest BCUT2D eigenvalue weighted by atomic mass is 32.2. The first-order valence-electron chi connectivity index (χ1n) is 6.15. The minimum Gasteiger partial charge on any atom is -0.399 e. The second kappa shape index (κ2) is 5.26. The van der Waals surface area contributed by atoms with Crippen molar-refractivity contribution in [3.05, 3.63) is 41.2 Å². The third-order valence-electron chi connectivity index (χ3n) is 3.27. The van der Waals surface area contributed by atoms with Crippen molar-refractivity contribution in [3.8, 4) is 0 Å². The van der Waals surface area contributed by atoms with Crippen LogP contribution in [-0.2, 0) is 23.6 Å². The molecule has 20 heavy (non-hydrogen) atoms. The first-order valence-corrected chi connectivity index (χ1v) is 7.64. The maximum absolute atomic E-state index is 12.2. The first kappa shape index (κ1) is 14.5. The quantitative estimate of drug-likeness (QED) is 0.826. The molecule has 0 radical (unpaired) electrons. The van der Waals surface area contributed by atoms with Gasteiger partial charge in [-0.1, -0.05) is 6.07 Å². The number of hydrogen-bond donors (Lipinski definition) is 2. The maximum atomic E-state index is 12.2. The van der Waals surface area contributed by atoms with Gasteiger partial charge in [-0.15, -0.1) is 0 Å². The molecule has 6 nitrogen and oxygen atoms in total. The molecule has 0 spiro atoms. The maximum Gasteiger partial charge on any atom is 0.240 e. The molecule has 3 N–H and O–H groups in total. The molecule has 1 aromatic heterocycles. The minimum absolute atomic E-state index is 0.164. The van der Waals surface area contributed by atoms with Crippen LogP contribution in [0.4, 0.5) is 5.69 Å². The molecule has 0 aliphatic rings. The molecular formula is C13H18N4O2S. The van der Waals surface area contributed by atoms with Crippen molar-refractivity contribution in [1.82, 2.24) is 14.5 Å². The van der Waals surface area contributed by atoms with Crippen molar-refractivity contribution >= 4 is 15.7 Å². The Kier molecular flexibility index (Phi) is 3.82. The molecule has 0 aliphatic heterocycles. The summed E-state index contributed by atoms with van der Waals surface area (Å²) in [4.78, 5) is 0.164. The van der Waals surface area contributed by atoms with Gasteiger partial charge in [-0.25, -0.2) is 13.1 Å². The van der Waals surface area contributed by atoms with Crippen LogP contribution in [0.25, 0.3) is 0 Å². The molecule has 0 bridgehead atoms. The van der Waals surface area contributed by atoms with Crippen LogP contribution in [0.1, 0.15) is 17.0 Å². The van der Waals surface area contributed by atoms with Gasteiger partial charge in [0, 0.05) is 30.5 Å². The Balaban J connectivity index is 2.22. The summed E-state index contributed by atoms with van der Waals surface area (Å²) in [6.07, 6.45) is 0. The van der Waals surface area contributed by atoms with Gasteiger partial charge in [0.2, 0.25) is 10.0 Å². The van der Waals surface area contributed by atoms with Gasteiger partial charge < -0.3 is 5.73 Å². The van der Waals surface area contributed by atoms with Gasteiger partial charge in [-0.05, 0) is 32.0 Å². The molecular weight excluding hydrogens is 276 g/mol. The fourth-order valence-corrected chi connectivity index (χ4v) is 3.06. The summed E-state index contributed by atoms with van der Waals surface area (Å²) in [6, 6.07) is 6.21. The summed E-state index contributed by atoms with van der Waals surface area (Å²) in [5, 5.41) is 4.26. The van der Waals surface area contributed by atoms with Crippen LogP contribution in [0.15, 0.2) is 29.2 Å². The zero-order chi connectivity index (χ0) is 14.9. The minimum atomic E-state index is -3.57. The number of aryl methyl sites for hydroxylation is 2. The summed E-state index contributed by atoms with van der Waals surface area (Å²) in [7, 11) is -1.74. The van der Waals surface area contributed by atoms with Gasteiger partial charge in [0.15, 0.2) is 0 Å². The number of nitrogens with two attached hydrogens (primary N) is 1. The van der Waals surface area contributed by atoms with Gasteiger partial charge in [0.25, 0.3) is 0 Å². The van der Waals surface area contributed by atoms with Crippen molar-refractivity contribution in [2.45, 2.75) is 25.3 Å². The van der Waals surface area contributed by atoms with Crippen molar-refractivity contribution in [2.75, 3.05) is 5.73 Å². The van der Waals surface area contributed by atoms with Gasteiger partial charge in [-0.2, -0.15) is 5.10 Å². The van der Waals surface area contributed by atoms with E-state index in [2.05, 4.69) is 9.82 Å². The number of benzene rings is 1. The van der Waals surface area contributed by atoms with E-state index >= 15 is 0 Å². The molecule has 1 aromatic carbocycles. The summed E-state index contributed by atoms with van der Waals surface area (Å²) in [6.45, 7) is 3.98. The SMILES string of the molecule is Cc1nn(C)c(C)c1CNS(=O)(=O)c1cccc(N)c1. The Morgan fingerprint density at radius 3 is 2.60 bits per heavy atom. The topological polar surface area (TPSA) is 90.0 Å². The second-order valence-electron chi connectivity index (χ2n) is 4.67. The first-order chi connectivity index (χ1) is 9.31. The molecule has 2 aromatic rings. The van der Waals surface area contributed by atoms with E-state index in [1.165, 1.54) is 12.1 Å². The van der Waals surface area contributed by atoms with Crippen LogP contribution >= 0.6 is 0 Å². The molecule has 0 saturated heterocycles. The number of anilines is 1. The predicted molar refractivity (Wildman–Crippen MR) is 77.6 cm³/mol. The Labute approximate surface area is 118 Å². The highest BCUT2D eigenvalue weighted by Gasteiger charge is 2.16. The Hall–Kier alpha value is -1.86. The van der Waals surface area contributed by atoms with E-state index in [4.69, 9.17) is 5.73 Å². The lowest BCUT2D eigenvalue weighted by Crippen LogP contribution is -2.24. The van der Waals surface area contributed by atoms with E-state index in [0.29, 0.717) is 5.69 Å².